The number of rotatable bonds is 17. The minimum absolute atomic E-state index is 0.0135. The number of sulfonamides is 1. The van der Waals surface area contributed by atoms with Gasteiger partial charge >= 0.3 is 8.56 Å². The predicted octanol–water partition coefficient (Wildman–Crippen LogP) is 6.02. The minimum atomic E-state index is -4.86. The van der Waals surface area contributed by atoms with Gasteiger partial charge in [0, 0.05) is 32.0 Å². The van der Waals surface area contributed by atoms with E-state index in [4.69, 9.17) is 14.6 Å². The number of nitrogens with two attached hydrogens (primary N) is 1. The molecular weight excluding hydrogens is 729 g/mol. The van der Waals surface area contributed by atoms with Gasteiger partial charge in [-0.1, -0.05) is 24.3 Å². The lowest BCUT2D eigenvalue weighted by molar-refractivity contribution is -0.117. The molecule has 0 radical (unpaired) electrons. The summed E-state index contributed by atoms with van der Waals surface area (Å²) in [7, 11) is -8.05. The largest absolute Gasteiger partial charge is 0.507 e. The Bertz CT molecular complexity index is 2150. The molecule has 52 heavy (non-hydrogen) atoms. The van der Waals surface area contributed by atoms with Gasteiger partial charge in [-0.2, -0.15) is 8.42 Å². The van der Waals surface area contributed by atoms with Gasteiger partial charge < -0.3 is 25.0 Å². The molecule has 0 saturated carbocycles. The van der Waals surface area contributed by atoms with E-state index in [0.717, 1.165) is 28.9 Å². The molecule has 0 aliphatic carbocycles. The number of carbonyl (C=O) groups excluding carboxylic acids is 1. The molecule has 0 atom stereocenters. The number of nitrogens with one attached hydrogen (secondary N) is 1. The Morgan fingerprint density at radius 1 is 0.942 bits per heavy atom. The van der Waals surface area contributed by atoms with Gasteiger partial charge in [0.15, 0.2) is 0 Å². The molecule has 5 N–H and O–H groups in total. The van der Waals surface area contributed by atoms with Crippen molar-refractivity contribution >= 4 is 73.8 Å². The molecule has 1 amide bonds. The summed E-state index contributed by atoms with van der Waals surface area (Å²) in [4.78, 5) is 13.8. The topological polar surface area (TPSA) is 214 Å². The zero-order valence-electron chi connectivity index (χ0n) is 29.6. The number of benzene rings is 4. The number of para-hydroxylation sites is 1. The maximum Gasteiger partial charge on any atom is 0.334 e. The highest BCUT2D eigenvalue weighted by Gasteiger charge is 2.30. The average Bonchev–Trinajstić information content (AvgIpc) is 3.08. The van der Waals surface area contributed by atoms with Crippen LogP contribution in [0, 0.1) is 0 Å². The van der Waals surface area contributed by atoms with Crippen LogP contribution < -0.4 is 15.4 Å². The number of nitrogens with zero attached hydrogens (tertiary/aromatic N) is 4. The molecule has 4 aromatic carbocycles. The number of anilines is 3. The van der Waals surface area contributed by atoms with E-state index in [0.29, 0.717) is 25.4 Å². The number of azo groups is 1. The number of hydrogen-bond acceptors (Lipinski definition) is 12. The number of carbonyl (C=O) groups is 1. The molecule has 0 aromatic heterocycles. The number of fused-ring (bicyclic) bond motifs is 1. The third-order valence-electron chi connectivity index (χ3n) is 8.12. The van der Waals surface area contributed by atoms with Crippen molar-refractivity contribution < 1.29 is 40.1 Å². The fraction of sp³-hybridized carbons (Fsp3) is 0.324. The highest BCUT2D eigenvalue weighted by Crippen LogP contribution is 2.41. The molecule has 18 heteroatoms. The Kier molecular flexibility index (Phi) is 13.1. The number of likely N-dealkylation sites (N-methyl/N-ethyl adjacent to an activating group) is 1. The van der Waals surface area contributed by atoms with Crippen molar-refractivity contribution in [2.24, 2.45) is 10.2 Å². The number of nitrogen functional groups attached to an aromatic ring is 1. The Morgan fingerprint density at radius 2 is 1.62 bits per heavy atom. The summed E-state index contributed by atoms with van der Waals surface area (Å²) in [5, 5.41) is 22.1. The minimum Gasteiger partial charge on any atom is -0.507 e. The third-order valence-corrected chi connectivity index (χ3v) is 13.8. The van der Waals surface area contributed by atoms with Gasteiger partial charge in [-0.15, -0.1) is 10.2 Å². The molecule has 0 heterocycles. The summed E-state index contributed by atoms with van der Waals surface area (Å²) in [6.45, 7) is 7.61. The second-order valence-electron chi connectivity index (χ2n) is 12.1. The molecule has 280 valence electrons. The van der Waals surface area contributed by atoms with Crippen LogP contribution in [0.1, 0.15) is 20.3 Å². The molecule has 15 nitrogen and oxygen atoms in total. The van der Waals surface area contributed by atoms with E-state index in [1.807, 2.05) is 25.3 Å². The quantitative estimate of drug-likeness (QED) is 0.0422. The summed E-state index contributed by atoms with van der Waals surface area (Å²) in [6, 6.07) is 18.2. The van der Waals surface area contributed by atoms with Crippen molar-refractivity contribution in [3.63, 3.8) is 0 Å². The highest BCUT2D eigenvalue weighted by molar-refractivity contribution is 7.92. The second kappa shape index (κ2) is 16.9. The smallest absolute Gasteiger partial charge is 0.334 e. The Labute approximate surface area is 305 Å². The molecular formula is C34H44N6O9S2Si. The van der Waals surface area contributed by atoms with Gasteiger partial charge in [0.25, 0.3) is 20.1 Å². The van der Waals surface area contributed by atoms with Gasteiger partial charge in [0.05, 0.1) is 28.2 Å². The molecule has 0 unspecified atom stereocenters. The van der Waals surface area contributed by atoms with Gasteiger partial charge in [-0.25, -0.2) is 8.42 Å². The highest BCUT2D eigenvalue weighted by atomic mass is 32.2. The maximum absolute atomic E-state index is 13.4. The van der Waals surface area contributed by atoms with Gasteiger partial charge in [-0.3, -0.25) is 18.6 Å². The molecule has 0 aliphatic rings. The average molecular weight is 773 g/mol. The van der Waals surface area contributed by atoms with Crippen LogP contribution in [0.25, 0.3) is 10.8 Å². The van der Waals surface area contributed by atoms with Gasteiger partial charge in [-0.05, 0) is 94.3 Å². The summed E-state index contributed by atoms with van der Waals surface area (Å²) in [5.74, 6) is -0.875. The molecule has 0 saturated heterocycles. The number of hydrogen-bond donors (Lipinski definition) is 4. The predicted molar refractivity (Wildman–Crippen MR) is 203 cm³/mol. The van der Waals surface area contributed by atoms with Crippen LogP contribution in [-0.4, -0.2) is 86.3 Å². The van der Waals surface area contributed by atoms with Crippen LogP contribution in [0.3, 0.4) is 0 Å². The molecule has 4 rings (SSSR count). The van der Waals surface area contributed by atoms with E-state index in [2.05, 4.69) is 15.5 Å². The Morgan fingerprint density at radius 3 is 2.25 bits per heavy atom. The summed E-state index contributed by atoms with van der Waals surface area (Å²) < 4.78 is 74.4. The van der Waals surface area contributed by atoms with Crippen LogP contribution in [0.2, 0.25) is 12.6 Å². The fourth-order valence-corrected chi connectivity index (χ4v) is 9.88. The van der Waals surface area contributed by atoms with Crippen molar-refractivity contribution in [1.82, 2.24) is 4.90 Å². The van der Waals surface area contributed by atoms with Crippen LogP contribution in [0.5, 0.6) is 5.75 Å². The van der Waals surface area contributed by atoms with Crippen molar-refractivity contribution in [2.75, 3.05) is 55.8 Å². The van der Waals surface area contributed by atoms with E-state index in [-0.39, 0.29) is 45.0 Å². The fourth-order valence-electron chi connectivity index (χ4n) is 5.58. The Hall–Kier alpha value is -4.43. The van der Waals surface area contributed by atoms with Crippen molar-refractivity contribution in [3.05, 3.63) is 72.8 Å². The Balaban J connectivity index is 1.55. The van der Waals surface area contributed by atoms with Crippen molar-refractivity contribution in [3.8, 4) is 5.75 Å². The SMILES string of the molecule is CCO[Si](C)(CCCN(C)CC(=O)Nc1ccc(N=Nc2c(N)ccc3cc(S(=O)(=O)N(C)c4ccccc4)cc(O)c23)c(S(=O)(=O)O)c1)OCC. The van der Waals surface area contributed by atoms with Crippen LogP contribution in [0.4, 0.5) is 28.4 Å². The molecule has 4 aromatic rings. The zero-order valence-corrected chi connectivity index (χ0v) is 32.2. The first-order valence-corrected chi connectivity index (χ1v) is 21.8. The number of amides is 1. The standard InChI is InChI=1S/C34H44N6O9S2Si/c1-6-48-52(5,49-7-2)19-11-18-39(3)23-32(42)36-25-15-17-29(31(21-25)51(45,46)47)37-38-34-28(35)16-14-24-20-27(22-30(41)33(24)34)50(43,44)40(4)26-12-9-8-10-13-26/h8-10,12-17,20-22,41H,6-7,11,18-19,23,35H2,1-5H3,(H,36,42)(H,45,46,47). The first-order valence-electron chi connectivity index (χ1n) is 16.4. The van der Waals surface area contributed by atoms with E-state index >= 15 is 0 Å². The molecule has 0 spiro atoms. The number of phenols is 1. The molecule has 0 fully saturated rings. The van der Waals surface area contributed by atoms with E-state index in [9.17, 15) is 31.3 Å². The maximum atomic E-state index is 13.4. The van der Waals surface area contributed by atoms with Crippen LogP contribution >= 0.6 is 0 Å². The first kappa shape index (κ1) is 40.3. The van der Waals surface area contributed by atoms with E-state index < -0.39 is 45.3 Å². The normalized spacial score (nSPS) is 12.5. The lowest BCUT2D eigenvalue weighted by Gasteiger charge is -2.26. The second-order valence-corrected chi connectivity index (χ2v) is 18.8. The van der Waals surface area contributed by atoms with E-state index in [1.165, 1.54) is 37.4 Å². The van der Waals surface area contributed by atoms with Gasteiger partial charge in [0.2, 0.25) is 5.91 Å². The zero-order chi connectivity index (χ0) is 38.3. The number of aromatic hydroxyl groups is 1. The third kappa shape index (κ3) is 9.91. The van der Waals surface area contributed by atoms with Gasteiger partial charge in [0.1, 0.15) is 22.0 Å². The molecule has 0 aliphatic heterocycles. The monoisotopic (exact) mass is 772 g/mol. The molecule has 0 bridgehead atoms. The lowest BCUT2D eigenvalue weighted by atomic mass is 10.1. The van der Waals surface area contributed by atoms with E-state index in [1.54, 1.807) is 37.4 Å². The summed E-state index contributed by atoms with van der Waals surface area (Å²) >= 11 is 0. The summed E-state index contributed by atoms with van der Waals surface area (Å²) in [6.07, 6.45) is 0.754. The van der Waals surface area contributed by atoms with Crippen molar-refractivity contribution in [1.29, 1.82) is 0 Å². The summed E-state index contributed by atoms with van der Waals surface area (Å²) in [5.41, 5.74) is 6.37. The van der Waals surface area contributed by atoms with Crippen LogP contribution in [0.15, 0.2) is 92.8 Å². The first-order chi connectivity index (χ1) is 24.5. The number of phenolic OH excluding ortho intramolecular Hbond substituents is 1. The van der Waals surface area contributed by atoms with Crippen LogP contribution in [-0.2, 0) is 33.8 Å². The lowest BCUT2D eigenvalue weighted by Crippen LogP contribution is -2.39. The van der Waals surface area contributed by atoms with Crippen molar-refractivity contribution in [2.45, 2.75) is 42.7 Å².